The second-order valence-electron chi connectivity index (χ2n) is 2.54. The van der Waals surface area contributed by atoms with Crippen LogP contribution in [0.15, 0.2) is 6.20 Å². The van der Waals surface area contributed by atoms with Crippen molar-refractivity contribution in [1.82, 2.24) is 10.2 Å². The smallest absolute Gasteiger partial charge is 0.345 e. The van der Waals surface area contributed by atoms with E-state index in [1.807, 2.05) is 0 Å². The third-order valence-corrected chi connectivity index (χ3v) is 1.45. The Morgan fingerprint density at radius 2 is 2.40 bits per heavy atom. The largest absolute Gasteiger partial charge is 0.471 e. The van der Waals surface area contributed by atoms with Crippen molar-refractivity contribution >= 4 is 5.97 Å². The summed E-state index contributed by atoms with van der Waals surface area (Å²) in [6.45, 7) is 1.03. The number of nitrogens with one attached hydrogen (secondary N) is 1. The number of ether oxygens (including phenoxy) is 2. The summed E-state index contributed by atoms with van der Waals surface area (Å²) in [4.78, 5) is 11.2. The van der Waals surface area contributed by atoms with Crippen molar-refractivity contribution in [1.29, 1.82) is 0 Å². The predicted molar refractivity (Wildman–Crippen MR) is 46.0 cm³/mol. The maximum Gasteiger partial charge on any atom is 0.345 e. The van der Waals surface area contributed by atoms with Crippen molar-refractivity contribution in [3.63, 3.8) is 0 Å². The minimum absolute atomic E-state index is 0.0116. The van der Waals surface area contributed by atoms with E-state index in [0.29, 0.717) is 0 Å². The van der Waals surface area contributed by atoms with Crippen LogP contribution in [-0.4, -0.2) is 35.8 Å². The third kappa shape index (κ3) is 3.19. The standard InChI is InChI=1S/C8H10F2N2O3/c1-2-14-8(13)5-3-11-12-7(5)15-4-6(9)10/h3,6H,2,4H2,1H3,(H,11,12). The zero-order valence-corrected chi connectivity index (χ0v) is 8.00. The molecular formula is C8H10F2N2O3. The van der Waals surface area contributed by atoms with Gasteiger partial charge in [-0.1, -0.05) is 0 Å². The quantitative estimate of drug-likeness (QED) is 0.758. The molecule has 0 aliphatic rings. The fourth-order valence-electron chi connectivity index (χ4n) is 0.885. The molecule has 0 aliphatic carbocycles. The van der Waals surface area contributed by atoms with Gasteiger partial charge in [0.1, 0.15) is 5.56 Å². The van der Waals surface area contributed by atoms with Crippen LogP contribution in [0.4, 0.5) is 8.78 Å². The first-order valence-corrected chi connectivity index (χ1v) is 4.26. The summed E-state index contributed by atoms with van der Waals surface area (Å²) in [5.41, 5.74) is 0.0116. The molecule has 5 nitrogen and oxygen atoms in total. The van der Waals surface area contributed by atoms with Crippen molar-refractivity contribution in [3.05, 3.63) is 11.8 Å². The van der Waals surface area contributed by atoms with Gasteiger partial charge in [0.15, 0.2) is 6.61 Å². The lowest BCUT2D eigenvalue weighted by atomic mass is 10.3. The van der Waals surface area contributed by atoms with E-state index in [2.05, 4.69) is 19.7 Å². The van der Waals surface area contributed by atoms with Gasteiger partial charge in [-0.05, 0) is 6.92 Å². The Kier molecular flexibility index (Phi) is 4.02. The number of aromatic amines is 1. The average molecular weight is 220 g/mol. The van der Waals surface area contributed by atoms with Crippen molar-refractivity contribution in [3.8, 4) is 5.88 Å². The first-order chi connectivity index (χ1) is 7.15. The number of H-pyrrole nitrogens is 1. The van der Waals surface area contributed by atoms with Crippen molar-refractivity contribution in [2.24, 2.45) is 0 Å². The lowest BCUT2D eigenvalue weighted by Crippen LogP contribution is -2.11. The summed E-state index contributed by atoms with van der Waals surface area (Å²) in [5, 5.41) is 5.80. The van der Waals surface area contributed by atoms with Crippen LogP contribution in [-0.2, 0) is 4.74 Å². The van der Waals surface area contributed by atoms with E-state index in [4.69, 9.17) is 0 Å². The molecule has 1 rings (SSSR count). The van der Waals surface area contributed by atoms with Gasteiger partial charge in [-0.15, -0.1) is 0 Å². The Hall–Kier alpha value is -1.66. The highest BCUT2D eigenvalue weighted by Gasteiger charge is 2.17. The van der Waals surface area contributed by atoms with Crippen LogP contribution in [0.3, 0.4) is 0 Å². The molecule has 0 bridgehead atoms. The minimum atomic E-state index is -2.61. The zero-order valence-electron chi connectivity index (χ0n) is 8.00. The van der Waals surface area contributed by atoms with Gasteiger partial charge in [-0.3, -0.25) is 0 Å². The molecule has 0 amide bonds. The second kappa shape index (κ2) is 5.28. The first-order valence-electron chi connectivity index (χ1n) is 4.26. The third-order valence-electron chi connectivity index (χ3n) is 1.45. The molecule has 0 aliphatic heterocycles. The normalized spacial score (nSPS) is 10.4. The topological polar surface area (TPSA) is 64.2 Å². The highest BCUT2D eigenvalue weighted by molar-refractivity contribution is 5.91. The molecule has 0 spiro atoms. The van der Waals surface area contributed by atoms with Crippen molar-refractivity contribution in [2.45, 2.75) is 13.3 Å². The molecule has 1 aromatic heterocycles. The molecule has 1 heterocycles. The Balaban J connectivity index is 2.64. The molecule has 0 unspecified atom stereocenters. The van der Waals surface area contributed by atoms with Gasteiger partial charge in [0.2, 0.25) is 5.88 Å². The molecule has 7 heteroatoms. The molecule has 0 fully saturated rings. The van der Waals surface area contributed by atoms with Gasteiger partial charge in [0.25, 0.3) is 6.43 Å². The average Bonchev–Trinajstić information content (AvgIpc) is 2.62. The fourth-order valence-corrected chi connectivity index (χ4v) is 0.885. The van der Waals surface area contributed by atoms with Crippen LogP contribution < -0.4 is 4.74 Å². The minimum Gasteiger partial charge on any atom is -0.471 e. The van der Waals surface area contributed by atoms with E-state index in [-0.39, 0.29) is 18.1 Å². The van der Waals surface area contributed by atoms with Crippen LogP contribution in [0.1, 0.15) is 17.3 Å². The van der Waals surface area contributed by atoms with Crippen LogP contribution in [0.5, 0.6) is 5.88 Å². The first kappa shape index (κ1) is 11.4. The van der Waals surface area contributed by atoms with Crippen LogP contribution in [0, 0.1) is 0 Å². The van der Waals surface area contributed by atoms with Crippen molar-refractivity contribution < 1.29 is 23.0 Å². The highest BCUT2D eigenvalue weighted by Crippen LogP contribution is 2.15. The fraction of sp³-hybridized carbons (Fsp3) is 0.500. The maximum absolute atomic E-state index is 11.8. The summed E-state index contributed by atoms with van der Waals surface area (Å²) in [7, 11) is 0. The van der Waals surface area contributed by atoms with E-state index in [1.54, 1.807) is 6.92 Å². The SMILES string of the molecule is CCOC(=O)c1cn[nH]c1OCC(F)F. The number of nitrogens with zero attached hydrogens (tertiary/aromatic N) is 1. The molecule has 0 atom stereocenters. The molecule has 84 valence electrons. The van der Waals surface area contributed by atoms with E-state index in [1.165, 1.54) is 6.20 Å². The number of hydrogen-bond acceptors (Lipinski definition) is 4. The molecule has 15 heavy (non-hydrogen) atoms. The Morgan fingerprint density at radius 1 is 1.67 bits per heavy atom. The molecule has 1 N–H and O–H groups in total. The molecular weight excluding hydrogens is 210 g/mol. The van der Waals surface area contributed by atoms with Gasteiger partial charge in [-0.2, -0.15) is 5.10 Å². The number of aromatic nitrogens is 2. The van der Waals surface area contributed by atoms with Gasteiger partial charge >= 0.3 is 5.97 Å². The lowest BCUT2D eigenvalue weighted by molar-refractivity contribution is 0.0507. The van der Waals surface area contributed by atoms with Gasteiger partial charge in [0.05, 0.1) is 12.8 Å². The van der Waals surface area contributed by atoms with Crippen LogP contribution in [0.25, 0.3) is 0 Å². The Morgan fingerprint density at radius 3 is 3.00 bits per heavy atom. The van der Waals surface area contributed by atoms with Gasteiger partial charge in [0, 0.05) is 0 Å². The summed E-state index contributed by atoms with van der Waals surface area (Å²) in [5.74, 6) is -0.760. The number of esters is 1. The van der Waals surface area contributed by atoms with Crippen LogP contribution >= 0.6 is 0 Å². The summed E-state index contributed by atoms with van der Waals surface area (Å²) < 4.78 is 33.0. The molecule has 0 saturated heterocycles. The lowest BCUT2D eigenvalue weighted by Gasteiger charge is -2.04. The molecule has 1 aromatic rings. The van der Waals surface area contributed by atoms with Gasteiger partial charge in [-0.25, -0.2) is 18.7 Å². The summed E-state index contributed by atoms with van der Waals surface area (Å²) in [6.07, 6.45) is -1.44. The van der Waals surface area contributed by atoms with Gasteiger partial charge < -0.3 is 9.47 Å². The van der Waals surface area contributed by atoms with E-state index in [0.717, 1.165) is 0 Å². The van der Waals surface area contributed by atoms with E-state index >= 15 is 0 Å². The number of hydrogen-bond donors (Lipinski definition) is 1. The number of carbonyl (C=O) groups is 1. The Labute approximate surface area is 84.4 Å². The number of rotatable bonds is 5. The number of halogens is 2. The number of carbonyl (C=O) groups excluding carboxylic acids is 1. The van der Waals surface area contributed by atoms with E-state index < -0.39 is 19.0 Å². The molecule has 0 aromatic carbocycles. The Bertz CT molecular complexity index is 327. The molecule has 0 saturated carbocycles. The van der Waals surface area contributed by atoms with E-state index in [9.17, 15) is 13.6 Å². The number of alkyl halides is 2. The maximum atomic E-state index is 11.8. The predicted octanol–water partition coefficient (Wildman–Crippen LogP) is 1.23. The second-order valence-corrected chi connectivity index (χ2v) is 2.54. The molecule has 0 radical (unpaired) electrons. The van der Waals surface area contributed by atoms with Crippen LogP contribution in [0.2, 0.25) is 0 Å². The highest BCUT2D eigenvalue weighted by atomic mass is 19.3. The summed E-state index contributed by atoms with van der Waals surface area (Å²) in [6, 6.07) is 0. The summed E-state index contributed by atoms with van der Waals surface area (Å²) >= 11 is 0. The monoisotopic (exact) mass is 220 g/mol. The zero-order chi connectivity index (χ0) is 11.3. The van der Waals surface area contributed by atoms with Crippen molar-refractivity contribution in [2.75, 3.05) is 13.2 Å².